The summed E-state index contributed by atoms with van der Waals surface area (Å²) in [5, 5.41) is 0. The lowest BCUT2D eigenvalue weighted by atomic mass is 9.92. The molecule has 1 heterocycles. The van der Waals surface area contributed by atoms with Crippen LogP contribution >= 0.6 is 0 Å². The number of piperidine rings is 1. The van der Waals surface area contributed by atoms with E-state index in [0.29, 0.717) is 12.5 Å². The first-order valence-electron chi connectivity index (χ1n) is 7.34. The molecule has 0 saturated carbocycles. The van der Waals surface area contributed by atoms with Gasteiger partial charge in [0.25, 0.3) is 0 Å². The standard InChI is InChI=1S/C16H26N2O/c1-13(14-8-11-18(2)12-9-14)19-16-6-4-3-5-15(16)7-10-17/h3-6,13-14H,7-12,17H2,1-2H3. The minimum atomic E-state index is 0.285. The molecule has 0 amide bonds. The third-order valence-corrected chi connectivity index (χ3v) is 4.13. The second kappa shape index (κ2) is 6.92. The monoisotopic (exact) mass is 262 g/mol. The van der Waals surface area contributed by atoms with Crippen molar-refractivity contribution in [3.8, 4) is 5.75 Å². The van der Waals surface area contributed by atoms with E-state index in [0.717, 1.165) is 12.2 Å². The Morgan fingerprint density at radius 1 is 1.32 bits per heavy atom. The molecule has 1 aromatic carbocycles. The molecule has 106 valence electrons. The lowest BCUT2D eigenvalue weighted by Crippen LogP contribution is -2.36. The van der Waals surface area contributed by atoms with Crippen LogP contribution in [0.4, 0.5) is 0 Å². The summed E-state index contributed by atoms with van der Waals surface area (Å²) >= 11 is 0. The molecule has 0 bridgehead atoms. The van der Waals surface area contributed by atoms with Gasteiger partial charge >= 0.3 is 0 Å². The van der Waals surface area contributed by atoms with Gasteiger partial charge in [0, 0.05) is 0 Å². The van der Waals surface area contributed by atoms with Gasteiger partial charge in [0.2, 0.25) is 0 Å². The third kappa shape index (κ3) is 3.95. The molecule has 0 spiro atoms. The predicted molar refractivity (Wildman–Crippen MR) is 79.5 cm³/mol. The summed E-state index contributed by atoms with van der Waals surface area (Å²) in [6.45, 7) is 5.24. The highest BCUT2D eigenvalue weighted by Crippen LogP contribution is 2.26. The van der Waals surface area contributed by atoms with Gasteiger partial charge in [-0.2, -0.15) is 0 Å². The van der Waals surface area contributed by atoms with Crippen LogP contribution in [0.25, 0.3) is 0 Å². The van der Waals surface area contributed by atoms with E-state index in [2.05, 4.69) is 37.1 Å². The summed E-state index contributed by atoms with van der Waals surface area (Å²) in [4.78, 5) is 2.39. The predicted octanol–water partition coefficient (Wildman–Crippen LogP) is 2.30. The quantitative estimate of drug-likeness (QED) is 0.885. The number of benzene rings is 1. The molecule has 1 aliphatic rings. The summed E-state index contributed by atoms with van der Waals surface area (Å²) in [6.07, 6.45) is 3.64. The van der Waals surface area contributed by atoms with Crippen molar-refractivity contribution in [3.05, 3.63) is 29.8 Å². The minimum absolute atomic E-state index is 0.285. The molecule has 19 heavy (non-hydrogen) atoms. The maximum atomic E-state index is 6.20. The van der Waals surface area contributed by atoms with Gasteiger partial charge in [0.05, 0.1) is 6.10 Å². The Hall–Kier alpha value is -1.06. The fourth-order valence-electron chi connectivity index (χ4n) is 2.78. The molecule has 1 atom stereocenters. The molecule has 2 N–H and O–H groups in total. The van der Waals surface area contributed by atoms with Crippen molar-refractivity contribution >= 4 is 0 Å². The van der Waals surface area contributed by atoms with Gasteiger partial charge in [0.15, 0.2) is 0 Å². The molecule has 1 saturated heterocycles. The van der Waals surface area contributed by atoms with E-state index in [1.54, 1.807) is 0 Å². The van der Waals surface area contributed by atoms with Crippen LogP contribution in [0.1, 0.15) is 25.3 Å². The Morgan fingerprint density at radius 2 is 2.00 bits per heavy atom. The lowest BCUT2D eigenvalue weighted by molar-refractivity contribution is 0.0970. The van der Waals surface area contributed by atoms with Crippen LogP contribution in [0, 0.1) is 5.92 Å². The van der Waals surface area contributed by atoms with Crippen molar-refractivity contribution in [1.29, 1.82) is 0 Å². The average Bonchev–Trinajstić information content (AvgIpc) is 2.42. The summed E-state index contributed by atoms with van der Waals surface area (Å²) < 4.78 is 6.20. The van der Waals surface area contributed by atoms with E-state index in [1.807, 2.05) is 6.07 Å². The Kier molecular flexibility index (Phi) is 5.23. The van der Waals surface area contributed by atoms with Crippen LogP contribution in [0.15, 0.2) is 24.3 Å². The number of hydrogen-bond acceptors (Lipinski definition) is 3. The number of para-hydroxylation sites is 1. The molecule has 0 aromatic heterocycles. The van der Waals surface area contributed by atoms with Gasteiger partial charge in [-0.3, -0.25) is 0 Å². The van der Waals surface area contributed by atoms with Crippen LogP contribution < -0.4 is 10.5 Å². The zero-order valence-corrected chi connectivity index (χ0v) is 12.1. The zero-order chi connectivity index (χ0) is 13.7. The third-order valence-electron chi connectivity index (χ3n) is 4.13. The van der Waals surface area contributed by atoms with Crippen LogP contribution in [0.2, 0.25) is 0 Å². The highest BCUT2D eigenvalue weighted by molar-refractivity contribution is 5.33. The van der Waals surface area contributed by atoms with E-state index in [1.165, 1.54) is 31.5 Å². The van der Waals surface area contributed by atoms with Crippen molar-refractivity contribution < 1.29 is 4.74 Å². The smallest absolute Gasteiger partial charge is 0.122 e. The number of nitrogens with two attached hydrogens (primary N) is 1. The molecule has 1 aromatic rings. The lowest BCUT2D eigenvalue weighted by Gasteiger charge is -2.33. The molecule has 1 unspecified atom stereocenters. The topological polar surface area (TPSA) is 38.5 Å². The normalized spacial score (nSPS) is 19.3. The van der Waals surface area contributed by atoms with Gasteiger partial charge in [-0.15, -0.1) is 0 Å². The number of hydrogen-bond donors (Lipinski definition) is 1. The van der Waals surface area contributed by atoms with Gasteiger partial charge in [-0.25, -0.2) is 0 Å². The summed E-state index contributed by atoms with van der Waals surface area (Å²) in [6, 6.07) is 8.27. The van der Waals surface area contributed by atoms with Gasteiger partial charge in [0.1, 0.15) is 5.75 Å². The number of likely N-dealkylation sites (tertiary alicyclic amines) is 1. The first-order chi connectivity index (χ1) is 9.20. The van der Waals surface area contributed by atoms with Crippen molar-refractivity contribution in [1.82, 2.24) is 4.90 Å². The van der Waals surface area contributed by atoms with Gasteiger partial charge < -0.3 is 15.4 Å². The van der Waals surface area contributed by atoms with Crippen LogP contribution in [0.5, 0.6) is 5.75 Å². The molecule has 3 heteroatoms. The molecular formula is C16H26N2O. The maximum absolute atomic E-state index is 6.20. The number of nitrogens with zero attached hydrogens (tertiary/aromatic N) is 1. The Balaban J connectivity index is 1.96. The highest BCUT2D eigenvalue weighted by atomic mass is 16.5. The largest absolute Gasteiger partial charge is 0.490 e. The summed E-state index contributed by atoms with van der Waals surface area (Å²) in [7, 11) is 2.19. The highest BCUT2D eigenvalue weighted by Gasteiger charge is 2.23. The van der Waals surface area contributed by atoms with E-state index in [4.69, 9.17) is 10.5 Å². The first-order valence-corrected chi connectivity index (χ1v) is 7.34. The van der Waals surface area contributed by atoms with Crippen LogP contribution in [-0.2, 0) is 6.42 Å². The Labute approximate surface area is 116 Å². The fourth-order valence-corrected chi connectivity index (χ4v) is 2.78. The first kappa shape index (κ1) is 14.4. The van der Waals surface area contributed by atoms with Crippen molar-refractivity contribution in [2.24, 2.45) is 11.7 Å². The van der Waals surface area contributed by atoms with E-state index < -0.39 is 0 Å². The van der Waals surface area contributed by atoms with Crippen molar-refractivity contribution in [2.45, 2.75) is 32.3 Å². The van der Waals surface area contributed by atoms with Crippen LogP contribution in [0.3, 0.4) is 0 Å². The molecule has 2 rings (SSSR count). The molecule has 0 aliphatic carbocycles. The van der Waals surface area contributed by atoms with Crippen molar-refractivity contribution in [2.75, 3.05) is 26.7 Å². The van der Waals surface area contributed by atoms with Crippen molar-refractivity contribution in [3.63, 3.8) is 0 Å². The van der Waals surface area contributed by atoms with E-state index in [-0.39, 0.29) is 6.10 Å². The molecule has 1 aliphatic heterocycles. The van der Waals surface area contributed by atoms with Crippen LogP contribution in [-0.4, -0.2) is 37.7 Å². The Bertz CT molecular complexity index is 386. The van der Waals surface area contributed by atoms with Gasteiger partial charge in [-0.1, -0.05) is 18.2 Å². The molecule has 1 fully saturated rings. The summed E-state index contributed by atoms with van der Waals surface area (Å²) in [5.74, 6) is 1.68. The zero-order valence-electron chi connectivity index (χ0n) is 12.1. The van der Waals surface area contributed by atoms with E-state index in [9.17, 15) is 0 Å². The number of ether oxygens (including phenoxy) is 1. The van der Waals surface area contributed by atoms with Gasteiger partial charge in [-0.05, 0) is 70.4 Å². The Morgan fingerprint density at radius 3 is 2.68 bits per heavy atom. The summed E-state index contributed by atoms with van der Waals surface area (Å²) in [5.41, 5.74) is 6.88. The second-order valence-corrected chi connectivity index (χ2v) is 5.61. The fraction of sp³-hybridized carbons (Fsp3) is 0.625. The molecular weight excluding hydrogens is 236 g/mol. The molecule has 3 nitrogen and oxygen atoms in total. The number of rotatable bonds is 5. The maximum Gasteiger partial charge on any atom is 0.122 e. The second-order valence-electron chi connectivity index (χ2n) is 5.61. The SMILES string of the molecule is CC(Oc1ccccc1CCN)C1CCN(C)CC1. The average molecular weight is 262 g/mol. The minimum Gasteiger partial charge on any atom is -0.490 e. The van der Waals surface area contributed by atoms with E-state index >= 15 is 0 Å². The molecule has 0 radical (unpaired) electrons.